The zero-order chi connectivity index (χ0) is 12.2. The summed E-state index contributed by atoms with van der Waals surface area (Å²) in [4.78, 5) is 12.8. The number of rotatable bonds is 2. The minimum Gasteiger partial charge on any atom is -0.329 e. The second-order valence-electron chi connectivity index (χ2n) is 4.18. The first-order valence-corrected chi connectivity index (χ1v) is 5.47. The number of urea groups is 1. The van der Waals surface area contributed by atoms with Crippen LogP contribution in [0.4, 0.5) is 18.0 Å². The van der Waals surface area contributed by atoms with Gasteiger partial charge in [-0.05, 0) is 12.8 Å². The Hall–Kier alpha value is -0.940. The van der Waals surface area contributed by atoms with E-state index in [0.717, 1.165) is 32.1 Å². The van der Waals surface area contributed by atoms with Gasteiger partial charge >= 0.3 is 12.2 Å². The van der Waals surface area contributed by atoms with Crippen LogP contribution in [0.1, 0.15) is 32.1 Å². The van der Waals surface area contributed by atoms with Crippen LogP contribution in [-0.4, -0.2) is 36.7 Å². The maximum Gasteiger partial charge on any atom is 0.405 e. The predicted molar refractivity (Wildman–Crippen MR) is 54.1 cm³/mol. The molecule has 0 atom stereocenters. The molecule has 1 aliphatic rings. The fourth-order valence-corrected chi connectivity index (χ4v) is 1.93. The van der Waals surface area contributed by atoms with Crippen molar-refractivity contribution in [1.82, 2.24) is 10.2 Å². The highest BCUT2D eigenvalue weighted by atomic mass is 19.4. The molecule has 1 saturated carbocycles. The highest BCUT2D eigenvalue weighted by molar-refractivity contribution is 5.74. The Kier molecular flexibility index (Phi) is 4.44. The van der Waals surface area contributed by atoms with Crippen molar-refractivity contribution < 1.29 is 18.0 Å². The van der Waals surface area contributed by atoms with Gasteiger partial charge in [0.25, 0.3) is 0 Å². The molecule has 94 valence electrons. The average molecular weight is 238 g/mol. The third kappa shape index (κ3) is 4.28. The molecule has 16 heavy (non-hydrogen) atoms. The Morgan fingerprint density at radius 1 is 1.31 bits per heavy atom. The van der Waals surface area contributed by atoms with Crippen LogP contribution >= 0.6 is 0 Å². The molecule has 1 fully saturated rings. The lowest BCUT2D eigenvalue weighted by Crippen LogP contribution is -2.46. The molecule has 0 saturated heterocycles. The van der Waals surface area contributed by atoms with E-state index in [-0.39, 0.29) is 6.04 Å². The lowest BCUT2D eigenvalue weighted by Gasteiger charge is -2.31. The zero-order valence-electron chi connectivity index (χ0n) is 9.31. The number of nitrogens with one attached hydrogen (secondary N) is 1. The molecule has 1 rings (SSSR count). The largest absolute Gasteiger partial charge is 0.405 e. The predicted octanol–water partition coefficient (Wildman–Crippen LogP) is 2.52. The van der Waals surface area contributed by atoms with Crippen molar-refractivity contribution in [3.05, 3.63) is 0 Å². The molecule has 0 bridgehead atoms. The van der Waals surface area contributed by atoms with Crippen molar-refractivity contribution in [3.8, 4) is 0 Å². The molecule has 0 unspecified atom stereocenters. The molecule has 1 aliphatic carbocycles. The maximum atomic E-state index is 11.9. The molecule has 1 N–H and O–H groups in total. The first-order valence-electron chi connectivity index (χ1n) is 5.47. The van der Waals surface area contributed by atoms with Crippen molar-refractivity contribution in [3.63, 3.8) is 0 Å². The monoisotopic (exact) mass is 238 g/mol. The summed E-state index contributed by atoms with van der Waals surface area (Å²) < 4.78 is 35.7. The SMILES string of the molecule is CN(C(=O)NCC(F)(F)F)C1CCCCC1. The van der Waals surface area contributed by atoms with Crippen LogP contribution in [0.3, 0.4) is 0 Å². The third-order valence-electron chi connectivity index (χ3n) is 2.88. The highest BCUT2D eigenvalue weighted by Gasteiger charge is 2.29. The molecule has 0 spiro atoms. The summed E-state index contributed by atoms with van der Waals surface area (Å²) in [5, 5.41) is 1.88. The Morgan fingerprint density at radius 2 is 1.88 bits per heavy atom. The summed E-state index contributed by atoms with van der Waals surface area (Å²) in [6, 6.07) is -0.550. The van der Waals surface area contributed by atoms with E-state index < -0.39 is 18.8 Å². The summed E-state index contributed by atoms with van der Waals surface area (Å²) in [6.07, 6.45) is 0.659. The van der Waals surface area contributed by atoms with E-state index in [0.29, 0.717) is 0 Å². The van der Waals surface area contributed by atoms with Gasteiger partial charge in [-0.1, -0.05) is 19.3 Å². The van der Waals surface area contributed by atoms with Crippen molar-refractivity contribution in [2.45, 2.75) is 44.3 Å². The average Bonchev–Trinajstić information content (AvgIpc) is 2.25. The molecule has 0 aromatic carbocycles. The molecule has 0 aromatic heterocycles. The molecular weight excluding hydrogens is 221 g/mol. The number of nitrogens with zero attached hydrogens (tertiary/aromatic N) is 1. The van der Waals surface area contributed by atoms with Crippen LogP contribution in [-0.2, 0) is 0 Å². The molecular formula is C10H17F3N2O. The Balaban J connectivity index is 2.34. The third-order valence-corrected chi connectivity index (χ3v) is 2.88. The quantitative estimate of drug-likeness (QED) is 0.787. The number of carbonyl (C=O) groups excluding carboxylic acids is 1. The number of carbonyl (C=O) groups is 1. The molecule has 0 aromatic rings. The smallest absolute Gasteiger partial charge is 0.329 e. The Labute approximate surface area is 93.0 Å². The standard InChI is InChI=1S/C10H17F3N2O/c1-15(8-5-3-2-4-6-8)9(16)14-7-10(11,12)13/h8H,2-7H2,1H3,(H,14,16). The minimum absolute atomic E-state index is 0.0852. The van der Waals surface area contributed by atoms with Gasteiger partial charge in [0.1, 0.15) is 6.54 Å². The summed E-state index contributed by atoms with van der Waals surface area (Å²) >= 11 is 0. The number of alkyl halides is 3. The summed E-state index contributed by atoms with van der Waals surface area (Å²) in [7, 11) is 1.56. The summed E-state index contributed by atoms with van der Waals surface area (Å²) in [5.74, 6) is 0. The summed E-state index contributed by atoms with van der Waals surface area (Å²) in [5.41, 5.74) is 0. The van der Waals surface area contributed by atoms with Crippen molar-refractivity contribution in [2.75, 3.05) is 13.6 Å². The van der Waals surface area contributed by atoms with Crippen LogP contribution in [0.15, 0.2) is 0 Å². The van der Waals surface area contributed by atoms with Crippen LogP contribution < -0.4 is 5.32 Å². The molecule has 0 heterocycles. The number of hydrogen-bond donors (Lipinski definition) is 1. The van der Waals surface area contributed by atoms with Gasteiger partial charge in [-0.3, -0.25) is 0 Å². The molecule has 2 amide bonds. The van der Waals surface area contributed by atoms with Gasteiger partial charge in [-0.2, -0.15) is 13.2 Å². The van der Waals surface area contributed by atoms with Gasteiger partial charge in [0.2, 0.25) is 0 Å². The lowest BCUT2D eigenvalue weighted by atomic mass is 9.95. The van der Waals surface area contributed by atoms with Crippen LogP contribution in [0.25, 0.3) is 0 Å². The molecule has 0 aliphatic heterocycles. The van der Waals surface area contributed by atoms with Crippen LogP contribution in [0.5, 0.6) is 0 Å². The first kappa shape index (κ1) is 13.1. The van der Waals surface area contributed by atoms with Gasteiger partial charge in [0, 0.05) is 13.1 Å². The Morgan fingerprint density at radius 3 is 2.38 bits per heavy atom. The number of halogens is 3. The lowest BCUT2D eigenvalue weighted by molar-refractivity contribution is -0.123. The van der Waals surface area contributed by atoms with E-state index >= 15 is 0 Å². The van der Waals surface area contributed by atoms with Crippen molar-refractivity contribution >= 4 is 6.03 Å². The van der Waals surface area contributed by atoms with Crippen LogP contribution in [0.2, 0.25) is 0 Å². The van der Waals surface area contributed by atoms with Crippen molar-refractivity contribution in [1.29, 1.82) is 0 Å². The van der Waals surface area contributed by atoms with Gasteiger partial charge in [0.05, 0.1) is 0 Å². The second-order valence-corrected chi connectivity index (χ2v) is 4.18. The Bertz CT molecular complexity index is 237. The van der Waals surface area contributed by atoms with Gasteiger partial charge < -0.3 is 10.2 Å². The van der Waals surface area contributed by atoms with E-state index in [2.05, 4.69) is 0 Å². The zero-order valence-corrected chi connectivity index (χ0v) is 9.31. The molecule has 0 radical (unpaired) electrons. The van der Waals surface area contributed by atoms with Crippen LogP contribution in [0, 0.1) is 0 Å². The van der Waals surface area contributed by atoms with Gasteiger partial charge in [-0.15, -0.1) is 0 Å². The normalized spacial score (nSPS) is 18.2. The maximum absolute atomic E-state index is 11.9. The second kappa shape index (κ2) is 5.41. The fraction of sp³-hybridized carbons (Fsp3) is 0.900. The topological polar surface area (TPSA) is 32.3 Å². The first-order chi connectivity index (χ1) is 7.40. The van der Waals surface area contributed by atoms with E-state index in [1.807, 2.05) is 5.32 Å². The summed E-state index contributed by atoms with van der Waals surface area (Å²) in [6.45, 7) is -1.26. The molecule has 6 heteroatoms. The number of hydrogen-bond acceptors (Lipinski definition) is 1. The van der Waals surface area contributed by atoms with Gasteiger partial charge in [-0.25, -0.2) is 4.79 Å². The minimum atomic E-state index is -4.34. The number of amides is 2. The van der Waals surface area contributed by atoms with E-state index in [9.17, 15) is 18.0 Å². The van der Waals surface area contributed by atoms with Gasteiger partial charge in [0.15, 0.2) is 0 Å². The van der Waals surface area contributed by atoms with E-state index in [4.69, 9.17) is 0 Å². The molecule has 3 nitrogen and oxygen atoms in total. The van der Waals surface area contributed by atoms with E-state index in [1.54, 1.807) is 7.05 Å². The van der Waals surface area contributed by atoms with E-state index in [1.165, 1.54) is 4.90 Å². The fourth-order valence-electron chi connectivity index (χ4n) is 1.93. The van der Waals surface area contributed by atoms with Crippen molar-refractivity contribution in [2.24, 2.45) is 0 Å². The highest BCUT2D eigenvalue weighted by Crippen LogP contribution is 2.21.